The Morgan fingerprint density at radius 1 is 1.03 bits per heavy atom. The number of anilines is 1. The molecule has 0 saturated heterocycles. The highest BCUT2D eigenvalue weighted by atomic mass is 16.1. The molecule has 2 aromatic heterocycles. The zero-order valence-electron chi connectivity index (χ0n) is 19.9. The van der Waals surface area contributed by atoms with E-state index in [9.17, 15) is 9.59 Å². The van der Waals surface area contributed by atoms with Crippen molar-refractivity contribution in [3.8, 4) is 5.69 Å². The Morgan fingerprint density at radius 2 is 1.79 bits per heavy atom. The van der Waals surface area contributed by atoms with Crippen LogP contribution in [0.1, 0.15) is 41.3 Å². The normalized spacial score (nSPS) is 11.2. The highest BCUT2D eigenvalue weighted by Gasteiger charge is 2.21. The van der Waals surface area contributed by atoms with Crippen LogP contribution in [0, 0.1) is 27.7 Å². The molecule has 0 radical (unpaired) electrons. The van der Waals surface area contributed by atoms with Crippen LogP contribution in [-0.2, 0) is 17.8 Å². The first-order valence-corrected chi connectivity index (χ1v) is 11.4. The summed E-state index contributed by atoms with van der Waals surface area (Å²) in [5.74, 6) is -0.0987. The number of aryl methyl sites for hydroxylation is 5. The van der Waals surface area contributed by atoms with Crippen molar-refractivity contribution in [2.45, 2.75) is 54.0 Å². The number of pyridine rings is 1. The van der Waals surface area contributed by atoms with Gasteiger partial charge >= 0.3 is 0 Å². The summed E-state index contributed by atoms with van der Waals surface area (Å²) < 4.78 is 3.64. The standard InChI is InChI=1S/C27H30N4O2/c1-6-30-26-25(20(5)29-31(26)21-12-9-10-17(2)16-21)19(4)22(27(30)33)14-15-24(32)28-23-13-8-7-11-18(23)3/h7-13,16H,6,14-15H2,1-5H3,(H,28,32). The molecule has 1 amide bonds. The molecule has 4 rings (SSSR count). The highest BCUT2D eigenvalue weighted by molar-refractivity contribution is 5.92. The van der Waals surface area contributed by atoms with Crippen LogP contribution in [0.15, 0.2) is 53.3 Å². The van der Waals surface area contributed by atoms with Crippen molar-refractivity contribution in [2.24, 2.45) is 0 Å². The number of hydrogen-bond donors (Lipinski definition) is 1. The molecule has 2 aromatic carbocycles. The highest BCUT2D eigenvalue weighted by Crippen LogP contribution is 2.27. The number of amides is 1. The van der Waals surface area contributed by atoms with Crippen LogP contribution in [0.2, 0.25) is 0 Å². The number of para-hydroxylation sites is 1. The van der Waals surface area contributed by atoms with Gasteiger partial charge in [0.2, 0.25) is 5.91 Å². The topological polar surface area (TPSA) is 68.9 Å². The van der Waals surface area contributed by atoms with E-state index in [4.69, 9.17) is 5.10 Å². The van der Waals surface area contributed by atoms with Gasteiger partial charge in [-0.05, 0) is 75.9 Å². The minimum atomic E-state index is -0.0987. The molecule has 2 heterocycles. The van der Waals surface area contributed by atoms with Gasteiger partial charge in [-0.2, -0.15) is 5.10 Å². The third-order valence-electron chi connectivity index (χ3n) is 6.21. The number of aromatic nitrogens is 3. The summed E-state index contributed by atoms with van der Waals surface area (Å²) in [6, 6.07) is 15.8. The third kappa shape index (κ3) is 4.21. The summed E-state index contributed by atoms with van der Waals surface area (Å²) in [7, 11) is 0. The van der Waals surface area contributed by atoms with Gasteiger partial charge in [-0.3, -0.25) is 14.2 Å². The maximum absolute atomic E-state index is 13.5. The maximum Gasteiger partial charge on any atom is 0.255 e. The van der Waals surface area contributed by atoms with Crippen molar-refractivity contribution < 1.29 is 4.79 Å². The molecule has 1 N–H and O–H groups in total. The Labute approximate surface area is 193 Å². The lowest BCUT2D eigenvalue weighted by Gasteiger charge is -2.15. The lowest BCUT2D eigenvalue weighted by Crippen LogP contribution is -2.27. The zero-order chi connectivity index (χ0) is 23.7. The summed E-state index contributed by atoms with van der Waals surface area (Å²) in [5.41, 5.74) is 7.07. The summed E-state index contributed by atoms with van der Waals surface area (Å²) in [6.45, 7) is 10.4. The molecule has 0 fully saturated rings. The molecule has 0 saturated carbocycles. The van der Waals surface area contributed by atoms with Crippen molar-refractivity contribution in [3.63, 3.8) is 0 Å². The Bertz CT molecular complexity index is 1410. The van der Waals surface area contributed by atoms with E-state index in [1.807, 2.05) is 81.8 Å². The molecule has 0 aliphatic carbocycles. The van der Waals surface area contributed by atoms with Gasteiger partial charge in [0.25, 0.3) is 5.56 Å². The lowest BCUT2D eigenvalue weighted by molar-refractivity contribution is -0.116. The van der Waals surface area contributed by atoms with Gasteiger partial charge in [0.05, 0.1) is 11.4 Å². The SMILES string of the molecule is CCn1c(=O)c(CCC(=O)Nc2ccccc2C)c(C)c2c(C)nn(-c3cccc(C)c3)c21. The second-order valence-electron chi connectivity index (χ2n) is 8.55. The monoisotopic (exact) mass is 442 g/mol. The smallest absolute Gasteiger partial charge is 0.255 e. The fraction of sp³-hybridized carbons (Fsp3) is 0.296. The third-order valence-corrected chi connectivity index (χ3v) is 6.21. The Balaban J connectivity index is 1.73. The molecule has 6 nitrogen and oxygen atoms in total. The molecule has 6 heteroatoms. The van der Waals surface area contributed by atoms with Crippen LogP contribution >= 0.6 is 0 Å². The Hall–Kier alpha value is -3.67. The minimum Gasteiger partial charge on any atom is -0.326 e. The molecule has 0 atom stereocenters. The second-order valence-corrected chi connectivity index (χ2v) is 8.55. The van der Waals surface area contributed by atoms with Gasteiger partial charge in [0.15, 0.2) is 0 Å². The van der Waals surface area contributed by atoms with Crippen molar-refractivity contribution >= 4 is 22.6 Å². The average Bonchev–Trinajstić information content (AvgIpc) is 3.13. The van der Waals surface area contributed by atoms with E-state index < -0.39 is 0 Å². The second kappa shape index (κ2) is 9.06. The van der Waals surface area contributed by atoms with Crippen molar-refractivity contribution in [1.29, 1.82) is 0 Å². The fourth-order valence-electron chi connectivity index (χ4n) is 4.47. The van der Waals surface area contributed by atoms with Crippen LogP contribution in [0.3, 0.4) is 0 Å². The predicted molar refractivity (Wildman–Crippen MR) is 133 cm³/mol. The summed E-state index contributed by atoms with van der Waals surface area (Å²) in [4.78, 5) is 26.1. The quantitative estimate of drug-likeness (QED) is 0.456. The molecule has 170 valence electrons. The van der Waals surface area contributed by atoms with E-state index in [-0.39, 0.29) is 17.9 Å². The number of carbonyl (C=O) groups is 1. The van der Waals surface area contributed by atoms with Gasteiger partial charge < -0.3 is 5.32 Å². The fourth-order valence-corrected chi connectivity index (χ4v) is 4.47. The number of fused-ring (bicyclic) bond motifs is 1. The summed E-state index contributed by atoms with van der Waals surface area (Å²) in [5, 5.41) is 8.73. The summed E-state index contributed by atoms with van der Waals surface area (Å²) >= 11 is 0. The minimum absolute atomic E-state index is 0.0556. The first-order valence-electron chi connectivity index (χ1n) is 11.4. The number of carbonyl (C=O) groups excluding carboxylic acids is 1. The molecule has 0 aliphatic heterocycles. The van der Waals surface area contributed by atoms with Gasteiger partial charge in [-0.15, -0.1) is 0 Å². The van der Waals surface area contributed by atoms with Crippen molar-refractivity contribution in [1.82, 2.24) is 14.3 Å². The number of hydrogen-bond acceptors (Lipinski definition) is 3. The molecule has 0 unspecified atom stereocenters. The van der Waals surface area contributed by atoms with Crippen molar-refractivity contribution in [3.05, 3.63) is 86.8 Å². The molecule has 33 heavy (non-hydrogen) atoms. The van der Waals surface area contributed by atoms with Crippen LogP contribution in [0.25, 0.3) is 16.7 Å². The van der Waals surface area contributed by atoms with E-state index in [1.165, 1.54) is 0 Å². The van der Waals surface area contributed by atoms with Crippen LogP contribution in [0.5, 0.6) is 0 Å². The van der Waals surface area contributed by atoms with Gasteiger partial charge in [0.1, 0.15) is 5.65 Å². The molecule has 0 bridgehead atoms. The Morgan fingerprint density at radius 3 is 2.48 bits per heavy atom. The number of nitrogens with zero attached hydrogens (tertiary/aromatic N) is 3. The van der Waals surface area contributed by atoms with E-state index in [2.05, 4.69) is 11.4 Å². The largest absolute Gasteiger partial charge is 0.326 e. The van der Waals surface area contributed by atoms with Crippen LogP contribution in [-0.4, -0.2) is 20.3 Å². The molecule has 0 aliphatic rings. The van der Waals surface area contributed by atoms with Crippen molar-refractivity contribution in [2.75, 3.05) is 5.32 Å². The first-order chi connectivity index (χ1) is 15.8. The van der Waals surface area contributed by atoms with Crippen LogP contribution < -0.4 is 10.9 Å². The number of nitrogens with one attached hydrogen (secondary N) is 1. The summed E-state index contributed by atoms with van der Waals surface area (Å²) in [6.07, 6.45) is 0.623. The van der Waals surface area contributed by atoms with E-state index >= 15 is 0 Å². The lowest BCUT2D eigenvalue weighted by atomic mass is 10.0. The number of rotatable bonds is 6. The van der Waals surface area contributed by atoms with Gasteiger partial charge in [0, 0.05) is 29.6 Å². The van der Waals surface area contributed by atoms with E-state index in [0.29, 0.717) is 18.5 Å². The maximum atomic E-state index is 13.5. The van der Waals surface area contributed by atoms with Crippen LogP contribution in [0.4, 0.5) is 5.69 Å². The molecular weight excluding hydrogens is 412 g/mol. The zero-order valence-corrected chi connectivity index (χ0v) is 19.9. The number of benzene rings is 2. The predicted octanol–water partition coefficient (Wildman–Crippen LogP) is 5.01. The molecule has 0 spiro atoms. The first kappa shape index (κ1) is 22.5. The average molecular weight is 443 g/mol. The van der Waals surface area contributed by atoms with Gasteiger partial charge in [-0.25, -0.2) is 4.68 Å². The van der Waals surface area contributed by atoms with Gasteiger partial charge in [-0.1, -0.05) is 30.3 Å². The van der Waals surface area contributed by atoms with E-state index in [0.717, 1.165) is 44.8 Å². The molecular formula is C27H30N4O2. The Kier molecular flexibility index (Phi) is 6.18. The molecule has 4 aromatic rings. The van der Waals surface area contributed by atoms with E-state index in [1.54, 1.807) is 4.57 Å².